The van der Waals surface area contributed by atoms with Crippen LogP contribution in [0.2, 0.25) is 0 Å². The third-order valence-electron chi connectivity index (χ3n) is 6.60. The maximum absolute atomic E-state index is 2.56. The molecule has 0 aliphatic rings. The van der Waals surface area contributed by atoms with Gasteiger partial charge in [-0.15, -0.1) is 0 Å². The van der Waals surface area contributed by atoms with Gasteiger partial charge in [0.25, 0.3) is 5.82 Å². The number of aryl methyl sites for hydroxylation is 1. The molecule has 0 saturated carbocycles. The Balaban J connectivity index is 2.17. The molecular formula is C28H55N2+. The molecule has 0 spiro atoms. The molecule has 30 heavy (non-hydrogen) atoms. The lowest BCUT2D eigenvalue weighted by Gasteiger charge is -2.08. The number of unbranched alkanes of at least 4 members (excludes halogenated alkanes) is 16. The number of rotatable bonds is 21. The van der Waals surface area contributed by atoms with E-state index in [9.17, 15) is 0 Å². The summed E-state index contributed by atoms with van der Waals surface area (Å²) in [5, 5.41) is 0. The number of hydrogen-bond acceptors (Lipinski definition) is 0. The van der Waals surface area contributed by atoms with Gasteiger partial charge in [0.2, 0.25) is 0 Å². The van der Waals surface area contributed by atoms with Crippen LogP contribution in [0.5, 0.6) is 0 Å². The molecule has 0 aromatic carbocycles. The zero-order valence-electron chi connectivity index (χ0n) is 21.3. The molecule has 0 unspecified atom stereocenters. The molecule has 1 aromatic rings. The number of nitrogens with zero attached hydrogens (tertiary/aromatic N) is 2. The Morgan fingerprint density at radius 3 is 1.53 bits per heavy atom. The minimum absolute atomic E-state index is 0.573. The van der Waals surface area contributed by atoms with Crippen LogP contribution in [0.4, 0.5) is 0 Å². The van der Waals surface area contributed by atoms with E-state index in [0.29, 0.717) is 6.04 Å². The molecule has 0 fully saturated rings. The molecular weight excluding hydrogens is 364 g/mol. The molecule has 2 nitrogen and oxygen atoms in total. The van der Waals surface area contributed by atoms with Crippen molar-refractivity contribution in [1.29, 1.82) is 0 Å². The van der Waals surface area contributed by atoms with Gasteiger partial charge in [-0.1, -0.05) is 110 Å². The molecule has 0 aliphatic carbocycles. The summed E-state index contributed by atoms with van der Waals surface area (Å²) in [6.45, 7) is 10.4. The standard InChI is InChI=1S/C28H55N2/c1-5-7-9-11-13-14-15-16-17-18-20-22-24-29-25-26-30(27(3)4)28(29)23-21-19-12-10-8-6-2/h25-27H,5-24H2,1-4H3/q+1. The van der Waals surface area contributed by atoms with Crippen LogP contribution in [0.25, 0.3) is 0 Å². The van der Waals surface area contributed by atoms with Gasteiger partial charge in [-0.2, -0.15) is 0 Å². The van der Waals surface area contributed by atoms with Crippen molar-refractivity contribution in [3.8, 4) is 0 Å². The minimum Gasteiger partial charge on any atom is -0.234 e. The highest BCUT2D eigenvalue weighted by molar-refractivity contribution is 4.86. The Morgan fingerprint density at radius 2 is 1.07 bits per heavy atom. The average molecular weight is 420 g/mol. The molecule has 0 bridgehead atoms. The second kappa shape index (κ2) is 18.9. The van der Waals surface area contributed by atoms with E-state index in [1.54, 1.807) is 5.82 Å². The Hall–Kier alpha value is -0.790. The first kappa shape index (κ1) is 27.2. The van der Waals surface area contributed by atoms with Gasteiger partial charge in [0.15, 0.2) is 0 Å². The molecule has 0 aliphatic heterocycles. The number of imidazole rings is 1. The predicted octanol–water partition coefficient (Wildman–Crippen LogP) is 8.96. The summed E-state index contributed by atoms with van der Waals surface area (Å²) >= 11 is 0. The lowest BCUT2D eigenvalue weighted by molar-refractivity contribution is -0.704. The van der Waals surface area contributed by atoms with Crippen LogP contribution in [-0.2, 0) is 13.0 Å². The summed E-state index contributed by atoms with van der Waals surface area (Å²) in [5.74, 6) is 1.56. The summed E-state index contributed by atoms with van der Waals surface area (Å²) in [5.41, 5.74) is 0. The van der Waals surface area contributed by atoms with Crippen LogP contribution < -0.4 is 4.57 Å². The van der Waals surface area contributed by atoms with Crippen molar-refractivity contribution in [2.45, 2.75) is 162 Å². The molecule has 176 valence electrons. The smallest absolute Gasteiger partial charge is 0.234 e. The molecule has 0 amide bonds. The highest BCUT2D eigenvalue weighted by atomic mass is 15.2. The Bertz CT molecular complexity index is 489. The number of hydrogen-bond donors (Lipinski definition) is 0. The molecule has 0 atom stereocenters. The molecule has 0 saturated heterocycles. The summed E-state index contributed by atoms with van der Waals surface area (Å²) in [6, 6.07) is 0.573. The second-order valence-corrected chi connectivity index (χ2v) is 9.82. The topological polar surface area (TPSA) is 8.81 Å². The Labute approximate surface area is 189 Å². The van der Waals surface area contributed by atoms with Crippen LogP contribution in [0, 0.1) is 0 Å². The van der Waals surface area contributed by atoms with Gasteiger partial charge in [-0.05, 0) is 33.1 Å². The molecule has 0 N–H and O–H groups in total. The van der Waals surface area contributed by atoms with Crippen molar-refractivity contribution in [2.24, 2.45) is 0 Å². The first-order chi connectivity index (χ1) is 14.7. The van der Waals surface area contributed by atoms with Gasteiger partial charge in [0.05, 0.1) is 12.6 Å². The molecule has 2 heteroatoms. The van der Waals surface area contributed by atoms with E-state index in [1.165, 1.54) is 129 Å². The third-order valence-corrected chi connectivity index (χ3v) is 6.60. The average Bonchev–Trinajstić information content (AvgIpc) is 3.14. The van der Waals surface area contributed by atoms with Gasteiger partial charge in [-0.3, -0.25) is 0 Å². The van der Waals surface area contributed by atoms with E-state index in [2.05, 4.69) is 49.2 Å². The maximum Gasteiger partial charge on any atom is 0.256 e. The first-order valence-corrected chi connectivity index (χ1v) is 13.8. The molecule has 0 radical (unpaired) electrons. The quantitative estimate of drug-likeness (QED) is 0.139. The van der Waals surface area contributed by atoms with Crippen molar-refractivity contribution in [3.63, 3.8) is 0 Å². The van der Waals surface area contributed by atoms with E-state index in [4.69, 9.17) is 0 Å². The summed E-state index contributed by atoms with van der Waals surface area (Å²) in [7, 11) is 0. The SMILES string of the molecule is CCCCCCCCCCCCCC[n+]1ccn(C(C)C)c1CCCCCCCC. The summed E-state index contributed by atoms with van der Waals surface area (Å²) in [4.78, 5) is 0. The minimum atomic E-state index is 0.573. The molecule has 1 rings (SSSR count). The normalized spacial score (nSPS) is 11.6. The van der Waals surface area contributed by atoms with E-state index >= 15 is 0 Å². The lowest BCUT2D eigenvalue weighted by Crippen LogP contribution is -2.37. The van der Waals surface area contributed by atoms with Crippen molar-refractivity contribution >= 4 is 0 Å². The van der Waals surface area contributed by atoms with E-state index in [0.717, 1.165) is 0 Å². The highest BCUT2D eigenvalue weighted by Gasteiger charge is 2.18. The van der Waals surface area contributed by atoms with E-state index < -0.39 is 0 Å². The Morgan fingerprint density at radius 1 is 0.633 bits per heavy atom. The van der Waals surface area contributed by atoms with E-state index in [-0.39, 0.29) is 0 Å². The monoisotopic (exact) mass is 419 g/mol. The third kappa shape index (κ3) is 12.8. The fraction of sp³-hybridized carbons (Fsp3) is 0.893. The van der Waals surface area contributed by atoms with E-state index in [1.807, 2.05) is 0 Å². The van der Waals surface area contributed by atoms with Gasteiger partial charge < -0.3 is 0 Å². The maximum atomic E-state index is 2.56. The van der Waals surface area contributed by atoms with Crippen molar-refractivity contribution in [2.75, 3.05) is 0 Å². The highest BCUT2D eigenvalue weighted by Crippen LogP contribution is 2.14. The van der Waals surface area contributed by atoms with Crippen LogP contribution in [0.15, 0.2) is 12.4 Å². The van der Waals surface area contributed by atoms with Gasteiger partial charge in [0.1, 0.15) is 12.4 Å². The zero-order chi connectivity index (χ0) is 21.9. The molecule has 1 aromatic heterocycles. The molecule has 1 heterocycles. The van der Waals surface area contributed by atoms with Gasteiger partial charge >= 0.3 is 0 Å². The van der Waals surface area contributed by atoms with Crippen LogP contribution in [0.1, 0.15) is 155 Å². The van der Waals surface area contributed by atoms with Crippen molar-refractivity contribution in [1.82, 2.24) is 4.57 Å². The van der Waals surface area contributed by atoms with Crippen LogP contribution in [-0.4, -0.2) is 4.57 Å². The van der Waals surface area contributed by atoms with Gasteiger partial charge in [-0.25, -0.2) is 9.13 Å². The largest absolute Gasteiger partial charge is 0.256 e. The van der Waals surface area contributed by atoms with Crippen molar-refractivity contribution < 1.29 is 4.57 Å². The fourth-order valence-electron chi connectivity index (χ4n) is 4.61. The van der Waals surface area contributed by atoms with Crippen molar-refractivity contribution in [3.05, 3.63) is 18.2 Å². The van der Waals surface area contributed by atoms with Crippen LogP contribution >= 0.6 is 0 Å². The summed E-state index contributed by atoms with van der Waals surface area (Å²) in [6.07, 6.45) is 31.4. The lowest BCUT2D eigenvalue weighted by atomic mass is 10.1. The fourth-order valence-corrected chi connectivity index (χ4v) is 4.61. The summed E-state index contributed by atoms with van der Waals surface area (Å²) < 4.78 is 5.06. The predicted molar refractivity (Wildman–Crippen MR) is 133 cm³/mol. The second-order valence-electron chi connectivity index (χ2n) is 9.82. The number of aromatic nitrogens is 2. The Kier molecular flexibility index (Phi) is 17.2. The van der Waals surface area contributed by atoms with Gasteiger partial charge in [0, 0.05) is 6.42 Å². The zero-order valence-corrected chi connectivity index (χ0v) is 21.3. The first-order valence-electron chi connectivity index (χ1n) is 13.8. The van der Waals surface area contributed by atoms with Crippen LogP contribution in [0.3, 0.4) is 0 Å².